The number of carbonyl (C=O) groups excluding carboxylic acids is 1. The Morgan fingerprint density at radius 1 is 1.18 bits per heavy atom. The normalized spacial score (nSPS) is 10.5. The largest absolute Gasteiger partial charge is 0.481 e. The molecule has 1 amide bonds. The second kappa shape index (κ2) is 9.03. The summed E-state index contributed by atoms with van der Waals surface area (Å²) in [6.07, 6.45) is 1.13. The van der Waals surface area contributed by atoms with E-state index in [2.05, 4.69) is 21.2 Å². The Bertz CT molecular complexity index is 1060. The van der Waals surface area contributed by atoms with E-state index < -0.39 is 17.2 Å². The summed E-state index contributed by atoms with van der Waals surface area (Å²) in [7, 11) is 0. The average Bonchev–Trinajstić information content (AvgIpc) is 2.70. The summed E-state index contributed by atoms with van der Waals surface area (Å²) in [5.41, 5.74) is 0.914. The zero-order chi connectivity index (χ0) is 20.1. The molecule has 2 aromatic carbocycles. The molecule has 0 aliphatic carbocycles. The first-order chi connectivity index (χ1) is 13.5. The Kier molecular flexibility index (Phi) is 6.49. The molecule has 0 spiro atoms. The summed E-state index contributed by atoms with van der Waals surface area (Å²) >= 11 is 8.81. The van der Waals surface area contributed by atoms with Gasteiger partial charge < -0.3 is 14.5 Å². The molecule has 1 heterocycles. The number of halogens is 3. The fraction of sp³-hybridized carbons (Fsp3) is 0.100. The number of hydrogen-bond acceptors (Lipinski definition) is 4. The quantitative estimate of drug-likeness (QED) is 0.572. The second-order valence-electron chi connectivity index (χ2n) is 5.78. The van der Waals surface area contributed by atoms with Gasteiger partial charge in [-0.2, -0.15) is 0 Å². The minimum atomic E-state index is -0.645. The molecule has 1 N–H and O–H groups in total. The van der Waals surface area contributed by atoms with Gasteiger partial charge in [-0.05, 0) is 39.2 Å². The van der Waals surface area contributed by atoms with Gasteiger partial charge in [0.2, 0.25) is 16.9 Å². The fourth-order valence-corrected chi connectivity index (χ4v) is 2.84. The van der Waals surface area contributed by atoms with E-state index in [1.807, 2.05) is 30.3 Å². The maximum atomic E-state index is 13.2. The first-order valence-corrected chi connectivity index (χ1v) is 9.33. The molecule has 0 aliphatic heterocycles. The Morgan fingerprint density at radius 3 is 2.64 bits per heavy atom. The van der Waals surface area contributed by atoms with Gasteiger partial charge in [0, 0.05) is 6.54 Å². The molecule has 0 saturated carbocycles. The Hall–Kier alpha value is -2.64. The van der Waals surface area contributed by atoms with Crippen molar-refractivity contribution in [2.24, 2.45) is 0 Å². The van der Waals surface area contributed by atoms with Crippen molar-refractivity contribution in [3.63, 3.8) is 0 Å². The fourth-order valence-electron chi connectivity index (χ4n) is 2.36. The zero-order valence-corrected chi connectivity index (χ0v) is 16.7. The number of hydrogen-bond donors (Lipinski definition) is 1. The van der Waals surface area contributed by atoms with Crippen LogP contribution in [0.1, 0.15) is 21.7 Å². The first-order valence-electron chi connectivity index (χ1n) is 8.16. The van der Waals surface area contributed by atoms with Gasteiger partial charge in [-0.15, -0.1) is 0 Å². The van der Waals surface area contributed by atoms with E-state index in [0.29, 0.717) is 5.56 Å². The molecule has 28 heavy (non-hydrogen) atoms. The van der Waals surface area contributed by atoms with Crippen LogP contribution in [0.2, 0.25) is 5.02 Å². The first kappa shape index (κ1) is 20.1. The predicted octanol–water partition coefficient (Wildman–Crippen LogP) is 4.70. The van der Waals surface area contributed by atoms with Gasteiger partial charge in [-0.25, -0.2) is 4.39 Å². The highest BCUT2D eigenvalue weighted by molar-refractivity contribution is 9.10. The van der Waals surface area contributed by atoms with Crippen molar-refractivity contribution < 1.29 is 18.3 Å². The van der Waals surface area contributed by atoms with Crippen LogP contribution in [0, 0.1) is 5.82 Å². The third-order valence-corrected chi connectivity index (χ3v) is 4.62. The highest BCUT2D eigenvalue weighted by atomic mass is 79.9. The van der Waals surface area contributed by atoms with Crippen molar-refractivity contribution in [3.05, 3.63) is 97.2 Å². The lowest BCUT2D eigenvalue weighted by Gasteiger charge is -2.11. The Morgan fingerprint density at radius 2 is 1.93 bits per heavy atom. The third-order valence-electron chi connectivity index (χ3n) is 3.78. The lowest BCUT2D eigenvalue weighted by Crippen LogP contribution is -2.25. The topological polar surface area (TPSA) is 68.5 Å². The molecule has 8 heteroatoms. The number of ether oxygens (including phenoxy) is 1. The predicted molar refractivity (Wildman–Crippen MR) is 106 cm³/mol. The van der Waals surface area contributed by atoms with Gasteiger partial charge in [-0.1, -0.05) is 48.0 Å². The van der Waals surface area contributed by atoms with Crippen LogP contribution in [0.15, 0.2) is 68.5 Å². The summed E-state index contributed by atoms with van der Waals surface area (Å²) in [6.45, 7) is 0.159. The highest BCUT2D eigenvalue weighted by Crippen LogP contribution is 2.20. The van der Waals surface area contributed by atoms with Gasteiger partial charge >= 0.3 is 0 Å². The molecule has 0 saturated heterocycles. The number of rotatable bonds is 6. The second-order valence-corrected chi connectivity index (χ2v) is 7.04. The monoisotopic (exact) mass is 465 g/mol. The molecule has 0 radical (unpaired) electrons. The van der Waals surface area contributed by atoms with Crippen molar-refractivity contribution in [1.29, 1.82) is 0 Å². The summed E-state index contributed by atoms with van der Waals surface area (Å²) in [6, 6.07) is 13.3. The summed E-state index contributed by atoms with van der Waals surface area (Å²) in [4.78, 5) is 24.9. The van der Waals surface area contributed by atoms with E-state index >= 15 is 0 Å². The van der Waals surface area contributed by atoms with Crippen molar-refractivity contribution in [2.75, 3.05) is 0 Å². The minimum Gasteiger partial charge on any atom is -0.481 e. The van der Waals surface area contributed by atoms with Crippen LogP contribution in [0.5, 0.6) is 5.75 Å². The third kappa shape index (κ3) is 4.79. The zero-order valence-electron chi connectivity index (χ0n) is 14.4. The Balaban J connectivity index is 1.78. The summed E-state index contributed by atoms with van der Waals surface area (Å²) < 4.78 is 24.2. The molecular weight excluding hydrogens is 453 g/mol. The van der Waals surface area contributed by atoms with E-state index in [4.69, 9.17) is 20.8 Å². The number of amides is 1. The summed E-state index contributed by atoms with van der Waals surface area (Å²) in [5, 5.41) is 2.55. The van der Waals surface area contributed by atoms with E-state index in [-0.39, 0.29) is 34.2 Å². The van der Waals surface area contributed by atoms with E-state index in [0.717, 1.165) is 11.8 Å². The molecule has 0 bridgehead atoms. The number of nitrogens with one attached hydrogen (secondary N) is 1. The highest BCUT2D eigenvalue weighted by Gasteiger charge is 2.21. The average molecular weight is 467 g/mol. The maximum Gasteiger partial charge on any atom is 0.291 e. The molecule has 0 atom stereocenters. The van der Waals surface area contributed by atoms with E-state index in [9.17, 15) is 14.0 Å². The van der Waals surface area contributed by atoms with E-state index in [1.54, 1.807) is 0 Å². The van der Waals surface area contributed by atoms with Gasteiger partial charge in [0.25, 0.3) is 5.91 Å². The maximum absolute atomic E-state index is 13.2. The number of carbonyl (C=O) groups is 1. The van der Waals surface area contributed by atoms with Gasteiger partial charge in [-0.3, -0.25) is 9.59 Å². The van der Waals surface area contributed by atoms with Crippen LogP contribution in [0.4, 0.5) is 4.39 Å². The van der Waals surface area contributed by atoms with Crippen LogP contribution in [0.25, 0.3) is 0 Å². The lowest BCUT2D eigenvalue weighted by molar-refractivity contribution is 0.0912. The minimum absolute atomic E-state index is 0.0474. The standard InChI is InChI=1S/C20H14BrClFNO4/c21-14-11-28-19(18(17(14)25)27-10-12-4-2-1-3-5-12)20(26)24-9-13-6-7-16(23)15(22)8-13/h1-8,11H,9-10H2,(H,24,26). The van der Waals surface area contributed by atoms with Crippen LogP contribution >= 0.6 is 27.5 Å². The molecule has 144 valence electrons. The molecule has 0 unspecified atom stereocenters. The van der Waals surface area contributed by atoms with E-state index in [1.165, 1.54) is 18.2 Å². The molecule has 5 nitrogen and oxygen atoms in total. The van der Waals surface area contributed by atoms with Gasteiger partial charge in [0.15, 0.2) is 0 Å². The van der Waals surface area contributed by atoms with Crippen LogP contribution < -0.4 is 15.5 Å². The lowest BCUT2D eigenvalue weighted by atomic mass is 10.2. The van der Waals surface area contributed by atoms with Crippen LogP contribution in [-0.4, -0.2) is 5.91 Å². The molecule has 0 fully saturated rings. The van der Waals surface area contributed by atoms with Crippen molar-refractivity contribution in [2.45, 2.75) is 13.2 Å². The smallest absolute Gasteiger partial charge is 0.291 e. The van der Waals surface area contributed by atoms with Gasteiger partial charge in [0.1, 0.15) is 23.2 Å². The molecule has 0 aliphatic rings. The Labute approximate surface area is 173 Å². The SMILES string of the molecule is O=C(NCc1ccc(F)c(Cl)c1)c1occ(Br)c(=O)c1OCc1ccccc1. The van der Waals surface area contributed by atoms with Crippen molar-refractivity contribution in [3.8, 4) is 5.75 Å². The van der Waals surface area contributed by atoms with Crippen molar-refractivity contribution in [1.82, 2.24) is 5.32 Å². The summed E-state index contributed by atoms with van der Waals surface area (Å²) in [5.74, 6) is -1.65. The molecule has 1 aromatic heterocycles. The van der Waals surface area contributed by atoms with Crippen molar-refractivity contribution >= 4 is 33.4 Å². The number of benzene rings is 2. The van der Waals surface area contributed by atoms with Crippen LogP contribution in [-0.2, 0) is 13.2 Å². The van der Waals surface area contributed by atoms with Crippen LogP contribution in [0.3, 0.4) is 0 Å². The molecule has 3 aromatic rings. The molecular formula is C20H14BrClFNO4. The van der Waals surface area contributed by atoms with Gasteiger partial charge in [0.05, 0.1) is 5.02 Å². The molecule has 3 rings (SSSR count).